The summed E-state index contributed by atoms with van der Waals surface area (Å²) >= 11 is 6.07. The molecule has 8 heteroatoms. The van der Waals surface area contributed by atoms with Crippen molar-refractivity contribution in [2.24, 2.45) is 12.8 Å². The molecule has 0 spiro atoms. The van der Waals surface area contributed by atoms with Crippen molar-refractivity contribution < 1.29 is 14.3 Å². The molecular formula is C13H19ClN4O3. The van der Waals surface area contributed by atoms with E-state index < -0.39 is 6.03 Å². The summed E-state index contributed by atoms with van der Waals surface area (Å²) < 4.78 is 6.76. The van der Waals surface area contributed by atoms with Crippen LogP contribution in [-0.4, -0.2) is 45.9 Å². The van der Waals surface area contributed by atoms with E-state index in [1.807, 2.05) is 0 Å². The molecule has 0 unspecified atom stereocenters. The summed E-state index contributed by atoms with van der Waals surface area (Å²) in [6, 6.07) is -0.600. The topological polar surface area (TPSA) is 90.5 Å². The molecule has 0 radical (unpaired) electrons. The molecule has 2 rings (SSSR count). The minimum absolute atomic E-state index is 0.0712. The summed E-state index contributed by atoms with van der Waals surface area (Å²) in [6.45, 7) is 2.57. The second-order valence-corrected chi connectivity index (χ2v) is 5.52. The summed E-state index contributed by atoms with van der Waals surface area (Å²) in [5, 5.41) is 4.58. The fraction of sp³-hybridized carbons (Fsp3) is 0.615. The first-order valence-corrected chi connectivity index (χ1v) is 7.17. The number of aryl methyl sites for hydroxylation is 2. The number of halogens is 1. The van der Waals surface area contributed by atoms with Gasteiger partial charge in [-0.05, 0) is 19.8 Å². The van der Waals surface area contributed by atoms with E-state index in [0.717, 1.165) is 12.8 Å². The van der Waals surface area contributed by atoms with Gasteiger partial charge >= 0.3 is 12.0 Å². The number of urea groups is 1. The average Bonchev–Trinajstić information content (AvgIpc) is 2.97. The van der Waals surface area contributed by atoms with E-state index in [0.29, 0.717) is 23.0 Å². The molecule has 21 heavy (non-hydrogen) atoms. The number of hydrogen-bond acceptors (Lipinski definition) is 4. The predicted octanol–water partition coefficient (Wildman–Crippen LogP) is 1.01. The zero-order valence-electron chi connectivity index (χ0n) is 12.1. The first-order chi connectivity index (χ1) is 9.90. The normalized spacial score (nSPS) is 18.0. The summed E-state index contributed by atoms with van der Waals surface area (Å²) in [5.74, 6) is -0.385. The predicted molar refractivity (Wildman–Crippen MR) is 76.9 cm³/mol. The van der Waals surface area contributed by atoms with Crippen molar-refractivity contribution >= 4 is 23.6 Å². The van der Waals surface area contributed by atoms with E-state index in [1.165, 1.54) is 9.58 Å². The van der Waals surface area contributed by atoms with Crippen molar-refractivity contribution in [3.8, 4) is 0 Å². The van der Waals surface area contributed by atoms with Crippen LogP contribution in [0.3, 0.4) is 0 Å². The number of rotatable bonds is 4. The number of hydrogen-bond donors (Lipinski definition) is 1. The Kier molecular flexibility index (Phi) is 4.72. The number of amides is 2. The van der Waals surface area contributed by atoms with E-state index in [4.69, 9.17) is 22.1 Å². The SMILES string of the molecule is Cc1nn(C)c(Cl)c1CC(=O)OC[C@@H]1CCCN1C(N)=O. The molecule has 0 aliphatic carbocycles. The van der Waals surface area contributed by atoms with Crippen molar-refractivity contribution in [1.82, 2.24) is 14.7 Å². The molecular weight excluding hydrogens is 296 g/mol. The largest absolute Gasteiger partial charge is 0.463 e. The van der Waals surface area contributed by atoms with Crippen molar-refractivity contribution in [2.45, 2.75) is 32.2 Å². The Morgan fingerprint density at radius 3 is 2.81 bits per heavy atom. The van der Waals surface area contributed by atoms with Gasteiger partial charge in [0.15, 0.2) is 0 Å². The van der Waals surface area contributed by atoms with Crippen LogP contribution in [-0.2, 0) is 23.0 Å². The molecule has 116 valence electrons. The van der Waals surface area contributed by atoms with Crippen LogP contribution in [0.25, 0.3) is 0 Å². The maximum absolute atomic E-state index is 11.9. The molecule has 2 N–H and O–H groups in total. The summed E-state index contributed by atoms with van der Waals surface area (Å²) in [6.07, 6.45) is 1.74. The molecule has 1 aromatic heterocycles. The highest BCUT2D eigenvalue weighted by atomic mass is 35.5. The lowest BCUT2D eigenvalue weighted by Gasteiger charge is -2.22. The molecule has 7 nitrogen and oxygen atoms in total. The van der Waals surface area contributed by atoms with Gasteiger partial charge in [-0.1, -0.05) is 11.6 Å². The van der Waals surface area contributed by atoms with Gasteiger partial charge in [-0.3, -0.25) is 9.48 Å². The van der Waals surface area contributed by atoms with Crippen LogP contribution in [0.2, 0.25) is 5.15 Å². The van der Waals surface area contributed by atoms with Crippen LogP contribution in [0.1, 0.15) is 24.1 Å². The molecule has 0 aromatic carbocycles. The fourth-order valence-electron chi connectivity index (χ4n) is 2.56. The van der Waals surface area contributed by atoms with Crippen molar-refractivity contribution in [1.29, 1.82) is 0 Å². The number of nitrogens with two attached hydrogens (primary N) is 1. The second-order valence-electron chi connectivity index (χ2n) is 5.17. The zero-order valence-corrected chi connectivity index (χ0v) is 12.9. The lowest BCUT2D eigenvalue weighted by atomic mass is 10.2. The Balaban J connectivity index is 1.89. The number of carbonyl (C=O) groups is 2. The van der Waals surface area contributed by atoms with Crippen molar-refractivity contribution in [3.63, 3.8) is 0 Å². The van der Waals surface area contributed by atoms with Crippen LogP contribution in [0.5, 0.6) is 0 Å². The Hall–Kier alpha value is -1.76. The Morgan fingerprint density at radius 2 is 2.24 bits per heavy atom. The Labute approximate surface area is 128 Å². The minimum Gasteiger partial charge on any atom is -0.463 e. The van der Waals surface area contributed by atoms with Gasteiger partial charge in [0.2, 0.25) is 0 Å². The van der Waals surface area contributed by atoms with Crippen LogP contribution in [0.15, 0.2) is 0 Å². The maximum atomic E-state index is 11.9. The molecule has 1 fully saturated rings. The van der Waals surface area contributed by atoms with E-state index in [9.17, 15) is 9.59 Å². The second kappa shape index (κ2) is 6.34. The van der Waals surface area contributed by atoms with Crippen LogP contribution in [0, 0.1) is 6.92 Å². The Morgan fingerprint density at radius 1 is 1.52 bits per heavy atom. The number of primary amides is 1. The highest BCUT2D eigenvalue weighted by Gasteiger charge is 2.28. The zero-order chi connectivity index (χ0) is 15.6. The van der Waals surface area contributed by atoms with Crippen molar-refractivity contribution in [3.05, 3.63) is 16.4 Å². The van der Waals surface area contributed by atoms with Gasteiger partial charge < -0.3 is 15.4 Å². The van der Waals surface area contributed by atoms with Gasteiger partial charge in [-0.15, -0.1) is 0 Å². The third-order valence-electron chi connectivity index (χ3n) is 3.69. The number of nitrogens with zero attached hydrogens (tertiary/aromatic N) is 3. The molecule has 1 aromatic rings. The summed E-state index contributed by atoms with van der Waals surface area (Å²) in [4.78, 5) is 24.7. The van der Waals surface area contributed by atoms with Gasteiger partial charge in [0.1, 0.15) is 11.8 Å². The smallest absolute Gasteiger partial charge is 0.315 e. The number of aromatic nitrogens is 2. The van der Waals surface area contributed by atoms with Crippen LogP contribution in [0.4, 0.5) is 4.79 Å². The molecule has 2 heterocycles. The first kappa shape index (κ1) is 15.6. The fourth-order valence-corrected chi connectivity index (χ4v) is 2.80. The summed E-state index contributed by atoms with van der Waals surface area (Å²) in [7, 11) is 1.72. The maximum Gasteiger partial charge on any atom is 0.315 e. The third kappa shape index (κ3) is 3.47. The number of carbonyl (C=O) groups excluding carboxylic acids is 2. The van der Waals surface area contributed by atoms with Gasteiger partial charge in [0.25, 0.3) is 0 Å². The van der Waals surface area contributed by atoms with Crippen LogP contribution < -0.4 is 5.73 Å². The van der Waals surface area contributed by atoms with Crippen LogP contribution >= 0.6 is 11.6 Å². The Bertz CT molecular complexity index is 558. The van der Waals surface area contributed by atoms with E-state index in [2.05, 4.69) is 5.10 Å². The quantitative estimate of drug-likeness (QED) is 0.840. The molecule has 1 aliphatic heterocycles. The standard InChI is InChI=1S/C13H19ClN4O3/c1-8-10(12(14)17(2)16-8)6-11(19)21-7-9-4-3-5-18(9)13(15)20/h9H,3-7H2,1-2H3,(H2,15,20)/t9-/m0/s1. The number of esters is 1. The highest BCUT2D eigenvalue weighted by molar-refractivity contribution is 6.30. The van der Waals surface area contributed by atoms with Gasteiger partial charge in [-0.25, -0.2) is 4.79 Å². The summed E-state index contributed by atoms with van der Waals surface area (Å²) in [5.41, 5.74) is 6.65. The first-order valence-electron chi connectivity index (χ1n) is 6.79. The van der Waals surface area contributed by atoms with Gasteiger partial charge in [0, 0.05) is 19.2 Å². The van der Waals surface area contributed by atoms with E-state index in [-0.39, 0.29) is 25.0 Å². The lowest BCUT2D eigenvalue weighted by Crippen LogP contribution is -2.42. The number of likely N-dealkylation sites (tertiary alicyclic amines) is 1. The third-order valence-corrected chi connectivity index (χ3v) is 4.16. The molecule has 0 saturated carbocycles. The minimum atomic E-state index is -0.473. The number of ether oxygens (including phenoxy) is 1. The van der Waals surface area contributed by atoms with Crippen molar-refractivity contribution in [2.75, 3.05) is 13.2 Å². The molecule has 0 bridgehead atoms. The van der Waals surface area contributed by atoms with Gasteiger partial charge in [-0.2, -0.15) is 5.10 Å². The van der Waals surface area contributed by atoms with Gasteiger partial charge in [0.05, 0.1) is 18.2 Å². The lowest BCUT2D eigenvalue weighted by molar-refractivity contribution is -0.144. The molecule has 1 atom stereocenters. The monoisotopic (exact) mass is 314 g/mol. The highest BCUT2D eigenvalue weighted by Crippen LogP contribution is 2.20. The molecule has 1 saturated heterocycles. The van der Waals surface area contributed by atoms with E-state index in [1.54, 1.807) is 14.0 Å². The molecule has 1 aliphatic rings. The van der Waals surface area contributed by atoms with E-state index >= 15 is 0 Å². The molecule has 2 amide bonds. The average molecular weight is 315 g/mol.